The highest BCUT2D eigenvalue weighted by Gasteiger charge is 2.31. The average molecular weight is 166 g/mol. The Kier molecular flexibility index (Phi) is 1.37. The summed E-state index contributed by atoms with van der Waals surface area (Å²) >= 11 is 0. The molecule has 0 saturated heterocycles. The molecule has 4 N–H and O–H groups in total. The van der Waals surface area contributed by atoms with Crippen LogP contribution >= 0.6 is 0 Å². The number of hydrogen-bond acceptors (Lipinski definition) is 6. The lowest BCUT2D eigenvalue weighted by atomic mass is 10.2. The number of fused-ring (bicyclic) bond motifs is 1. The number of carbonyl (C=O) groups excluding carboxylic acids is 1. The van der Waals surface area contributed by atoms with Gasteiger partial charge in [-0.15, -0.1) is 0 Å². The summed E-state index contributed by atoms with van der Waals surface area (Å²) in [4.78, 5) is 22.6. The van der Waals surface area contributed by atoms with Gasteiger partial charge in [0, 0.05) is 0 Å². The molecule has 0 fully saturated rings. The first-order chi connectivity index (χ1) is 5.81. The molecule has 0 aromatic heterocycles. The first-order valence-electron chi connectivity index (χ1n) is 3.27. The summed E-state index contributed by atoms with van der Waals surface area (Å²) in [6.45, 7) is 0. The maximum absolute atomic E-state index is 11.2. The van der Waals surface area contributed by atoms with Crippen LogP contribution in [0.2, 0.25) is 0 Å². The van der Waals surface area contributed by atoms with Crippen LogP contribution in [0.25, 0.3) is 0 Å². The molecule has 0 aromatic rings. The fourth-order valence-electron chi connectivity index (χ4n) is 0.967. The summed E-state index contributed by atoms with van der Waals surface area (Å²) in [6.07, 6.45) is 1.31. The molecule has 1 amide bonds. The summed E-state index contributed by atoms with van der Waals surface area (Å²) < 4.78 is 0. The second-order valence-corrected chi connectivity index (χ2v) is 2.25. The van der Waals surface area contributed by atoms with E-state index in [1.807, 2.05) is 0 Å². The molecule has 62 valence electrons. The van der Waals surface area contributed by atoms with Crippen LogP contribution in [0, 0.1) is 0 Å². The van der Waals surface area contributed by atoms with Gasteiger partial charge in [-0.1, -0.05) is 0 Å². The van der Waals surface area contributed by atoms with E-state index in [0.29, 0.717) is 5.84 Å². The average Bonchev–Trinajstić information content (AvgIpc) is 2.52. The third-order valence-corrected chi connectivity index (χ3v) is 1.50. The Balaban J connectivity index is 2.34. The number of amides is 1. The Labute approximate surface area is 67.4 Å². The monoisotopic (exact) mass is 166 g/mol. The molecule has 0 aliphatic carbocycles. The molecule has 2 rings (SSSR count). The highest BCUT2D eigenvalue weighted by atomic mass is 16.2. The first kappa shape index (κ1) is 6.92. The summed E-state index contributed by atoms with van der Waals surface area (Å²) in [5.41, 5.74) is 2.23. The van der Waals surface area contributed by atoms with Crippen molar-refractivity contribution in [1.29, 1.82) is 0 Å². The van der Waals surface area contributed by atoms with Crippen molar-refractivity contribution in [2.45, 2.75) is 6.04 Å². The smallest absolute Gasteiger partial charge is 0.259 e. The molecular formula is C5H6N6O. The molecule has 0 aromatic carbocycles. The number of amidine groups is 1. The molecule has 7 heteroatoms. The van der Waals surface area contributed by atoms with Crippen molar-refractivity contribution in [1.82, 2.24) is 10.7 Å². The van der Waals surface area contributed by atoms with Crippen molar-refractivity contribution in [2.24, 2.45) is 20.8 Å². The number of rotatable bonds is 0. The van der Waals surface area contributed by atoms with Crippen molar-refractivity contribution in [3.05, 3.63) is 0 Å². The van der Waals surface area contributed by atoms with Crippen molar-refractivity contribution < 1.29 is 4.79 Å². The predicted molar refractivity (Wildman–Crippen MR) is 42.6 cm³/mol. The number of aliphatic imine (C=N–C) groups is 3. The minimum atomic E-state index is -0.595. The number of hydrazine groups is 1. The van der Waals surface area contributed by atoms with Crippen molar-refractivity contribution in [3.8, 4) is 0 Å². The molecule has 7 nitrogen and oxygen atoms in total. The number of nitrogens with two attached hydrogens (primary N) is 1. The highest BCUT2D eigenvalue weighted by molar-refractivity contribution is 6.22. The molecule has 0 radical (unpaired) electrons. The third-order valence-electron chi connectivity index (χ3n) is 1.50. The molecule has 0 bridgehead atoms. The van der Waals surface area contributed by atoms with Crippen molar-refractivity contribution in [2.75, 3.05) is 0 Å². The van der Waals surface area contributed by atoms with Crippen molar-refractivity contribution >= 4 is 24.0 Å². The molecule has 1 atom stereocenters. The predicted octanol–water partition coefficient (Wildman–Crippen LogP) is -2.26. The van der Waals surface area contributed by atoms with Crippen LogP contribution in [-0.4, -0.2) is 30.1 Å². The lowest BCUT2D eigenvalue weighted by molar-refractivity contribution is -0.119. The van der Waals surface area contributed by atoms with E-state index in [-0.39, 0.29) is 11.9 Å². The van der Waals surface area contributed by atoms with Crippen LogP contribution < -0.4 is 16.6 Å². The second kappa shape index (κ2) is 2.38. The molecule has 1 unspecified atom stereocenters. The summed E-state index contributed by atoms with van der Waals surface area (Å²) in [7, 11) is 0. The van der Waals surface area contributed by atoms with Crippen LogP contribution in [0.1, 0.15) is 0 Å². The van der Waals surface area contributed by atoms with Gasteiger partial charge in [0.05, 0.1) is 0 Å². The van der Waals surface area contributed by atoms with Gasteiger partial charge >= 0.3 is 0 Å². The molecule has 2 heterocycles. The van der Waals surface area contributed by atoms with E-state index in [9.17, 15) is 4.79 Å². The zero-order valence-corrected chi connectivity index (χ0v) is 5.98. The Morgan fingerprint density at radius 2 is 2.50 bits per heavy atom. The van der Waals surface area contributed by atoms with E-state index in [0.717, 1.165) is 0 Å². The van der Waals surface area contributed by atoms with Gasteiger partial charge in [-0.3, -0.25) is 20.5 Å². The van der Waals surface area contributed by atoms with Crippen LogP contribution in [0.3, 0.4) is 0 Å². The Hall–Kier alpha value is -1.76. The molecule has 2 aliphatic rings. The molecular weight excluding hydrogens is 160 g/mol. The van der Waals surface area contributed by atoms with Gasteiger partial charge in [-0.2, -0.15) is 4.99 Å². The number of nitrogens with one attached hydrogen (secondary N) is 2. The summed E-state index contributed by atoms with van der Waals surface area (Å²) in [6, 6.07) is -0.595. The second-order valence-electron chi connectivity index (χ2n) is 2.25. The third kappa shape index (κ3) is 0.873. The zero-order valence-electron chi connectivity index (χ0n) is 5.98. The zero-order chi connectivity index (χ0) is 8.55. The number of hydrogen-bond donors (Lipinski definition) is 3. The van der Waals surface area contributed by atoms with Gasteiger partial charge in [-0.05, 0) is 0 Å². The number of nitrogens with zero attached hydrogens (tertiary/aromatic N) is 3. The van der Waals surface area contributed by atoms with E-state index in [4.69, 9.17) is 5.84 Å². The van der Waals surface area contributed by atoms with Crippen LogP contribution in [0.4, 0.5) is 0 Å². The van der Waals surface area contributed by atoms with Gasteiger partial charge < -0.3 is 0 Å². The quantitative estimate of drug-likeness (QED) is 0.279. The van der Waals surface area contributed by atoms with Gasteiger partial charge in [0.15, 0.2) is 11.9 Å². The fraction of sp³-hybridized carbons (Fsp3) is 0.200. The van der Waals surface area contributed by atoms with Gasteiger partial charge in [-0.25, -0.2) is 10.8 Å². The standard InChI is InChI=1S/C5H6N6O/c6-11-5-9-3-2(4(12)10-5)7-1-8-3/h1-2H,6H2,(H2,7,8,9,10,11,12). The van der Waals surface area contributed by atoms with Gasteiger partial charge in [0.25, 0.3) is 5.91 Å². The van der Waals surface area contributed by atoms with Crippen molar-refractivity contribution in [3.63, 3.8) is 0 Å². The summed E-state index contributed by atoms with van der Waals surface area (Å²) in [5.74, 6) is 5.35. The Morgan fingerprint density at radius 3 is 3.25 bits per heavy atom. The lowest BCUT2D eigenvalue weighted by Gasteiger charge is -2.15. The van der Waals surface area contributed by atoms with Gasteiger partial charge in [0.1, 0.15) is 6.34 Å². The van der Waals surface area contributed by atoms with E-state index in [2.05, 4.69) is 25.7 Å². The Bertz CT molecular complexity index is 316. The lowest BCUT2D eigenvalue weighted by Crippen LogP contribution is -2.52. The SMILES string of the molecule is NNC1=NC2=NC=NC2C(=O)N1. The largest absolute Gasteiger partial charge is 0.294 e. The van der Waals surface area contributed by atoms with Crippen LogP contribution in [0.5, 0.6) is 0 Å². The van der Waals surface area contributed by atoms with E-state index < -0.39 is 6.04 Å². The molecule has 0 saturated carbocycles. The van der Waals surface area contributed by atoms with E-state index in [1.54, 1.807) is 0 Å². The maximum atomic E-state index is 11.2. The number of carbonyl (C=O) groups is 1. The minimum absolute atomic E-state index is 0.195. The molecule has 0 spiro atoms. The Morgan fingerprint density at radius 1 is 1.67 bits per heavy atom. The normalized spacial score (nSPS) is 25.8. The van der Waals surface area contributed by atoms with E-state index >= 15 is 0 Å². The maximum Gasteiger partial charge on any atom is 0.259 e. The highest BCUT2D eigenvalue weighted by Crippen LogP contribution is 2.06. The fourth-order valence-corrected chi connectivity index (χ4v) is 0.967. The summed E-state index contributed by atoms with van der Waals surface area (Å²) in [5, 5.41) is 2.42. The first-order valence-corrected chi connectivity index (χ1v) is 3.27. The number of guanidine groups is 1. The van der Waals surface area contributed by atoms with Gasteiger partial charge in [0.2, 0.25) is 5.96 Å². The van der Waals surface area contributed by atoms with Crippen LogP contribution in [-0.2, 0) is 4.79 Å². The molecule has 2 aliphatic heterocycles. The van der Waals surface area contributed by atoms with E-state index in [1.165, 1.54) is 6.34 Å². The minimum Gasteiger partial charge on any atom is -0.294 e. The molecule has 12 heavy (non-hydrogen) atoms. The van der Waals surface area contributed by atoms with Crippen LogP contribution in [0.15, 0.2) is 15.0 Å². The topological polar surface area (TPSA) is 104 Å².